The molecule has 3 aromatic carbocycles. The molecule has 0 aliphatic heterocycles. The summed E-state index contributed by atoms with van der Waals surface area (Å²) in [7, 11) is -3.42. The van der Waals surface area contributed by atoms with Crippen LogP contribution in [-0.2, 0) is 14.6 Å². The number of fused-ring (bicyclic) bond motifs is 1. The molecule has 0 fully saturated rings. The van der Waals surface area contributed by atoms with Crippen LogP contribution in [0.25, 0.3) is 10.1 Å². The summed E-state index contributed by atoms with van der Waals surface area (Å²) in [5, 5.41) is 4.88. The average Bonchev–Trinajstić information content (AvgIpc) is 3.16. The molecule has 0 saturated carbocycles. The molecule has 0 radical (unpaired) electrons. The zero-order valence-corrected chi connectivity index (χ0v) is 22.8. The second kappa shape index (κ2) is 9.64. The second-order valence-corrected chi connectivity index (χ2v) is 13.4. The molecule has 35 heavy (non-hydrogen) atoms. The fraction of sp³-hybridized carbons (Fsp3) is 0.160. The van der Waals surface area contributed by atoms with Crippen LogP contribution in [0.5, 0.6) is 11.5 Å². The molecule has 0 spiro atoms. The summed E-state index contributed by atoms with van der Waals surface area (Å²) in [5.74, 6) is 0.681. The first-order valence-electron chi connectivity index (χ1n) is 10.3. The minimum absolute atomic E-state index is 0.334. The molecule has 4 aromatic rings. The Hall–Kier alpha value is -2.29. The van der Waals surface area contributed by atoms with Crippen LogP contribution in [0.3, 0.4) is 0 Å². The van der Waals surface area contributed by atoms with Crippen LogP contribution in [0.15, 0.2) is 60.7 Å². The predicted molar refractivity (Wildman–Crippen MR) is 146 cm³/mol. The van der Waals surface area contributed by atoms with Gasteiger partial charge in [-0.3, -0.25) is 4.79 Å². The number of halogens is 3. The molecule has 5 nitrogen and oxygen atoms in total. The third-order valence-electron chi connectivity index (χ3n) is 5.58. The monoisotopic (exact) mass is 567 g/mol. The number of hydrogen-bond donors (Lipinski definition) is 1. The maximum Gasteiger partial charge on any atom is 0.265 e. The summed E-state index contributed by atoms with van der Waals surface area (Å²) in [6.45, 7) is 3.22. The van der Waals surface area contributed by atoms with Crippen LogP contribution < -0.4 is 10.1 Å². The number of benzene rings is 3. The number of carbonyl (C=O) groups is 1. The first-order valence-corrected chi connectivity index (χ1v) is 14.2. The van der Waals surface area contributed by atoms with E-state index in [2.05, 4.69) is 5.32 Å². The Kier molecular flexibility index (Phi) is 7.10. The second-order valence-electron chi connectivity index (χ2n) is 8.45. The van der Waals surface area contributed by atoms with E-state index in [1.165, 1.54) is 17.6 Å². The summed E-state index contributed by atoms with van der Waals surface area (Å²) >= 11 is 19.8. The van der Waals surface area contributed by atoms with Crippen molar-refractivity contribution < 1.29 is 17.9 Å². The van der Waals surface area contributed by atoms with E-state index in [0.29, 0.717) is 42.7 Å². The molecule has 1 N–H and O–H groups in total. The van der Waals surface area contributed by atoms with E-state index in [1.54, 1.807) is 74.5 Å². The molecule has 0 unspecified atom stereocenters. The van der Waals surface area contributed by atoms with E-state index >= 15 is 0 Å². The van der Waals surface area contributed by atoms with Crippen molar-refractivity contribution in [1.29, 1.82) is 0 Å². The lowest BCUT2D eigenvalue weighted by Crippen LogP contribution is -2.28. The van der Waals surface area contributed by atoms with Crippen molar-refractivity contribution in [1.82, 2.24) is 0 Å². The number of nitrogens with one attached hydrogen (secondary N) is 1. The molecule has 0 saturated heterocycles. The molecule has 1 amide bonds. The zero-order chi connectivity index (χ0) is 25.5. The molecular formula is C25H20Cl3NO4S2. The quantitative estimate of drug-likeness (QED) is 0.254. The molecule has 0 atom stereocenters. The summed E-state index contributed by atoms with van der Waals surface area (Å²) in [4.78, 5) is 13.4. The fourth-order valence-electron chi connectivity index (χ4n) is 3.36. The van der Waals surface area contributed by atoms with Crippen molar-refractivity contribution in [3.63, 3.8) is 0 Å². The van der Waals surface area contributed by atoms with E-state index in [0.717, 1.165) is 10.1 Å². The third kappa shape index (κ3) is 5.60. The summed E-state index contributed by atoms with van der Waals surface area (Å²) in [6.07, 6.45) is 1.18. The van der Waals surface area contributed by atoms with Gasteiger partial charge in [-0.2, -0.15) is 0 Å². The van der Waals surface area contributed by atoms with Crippen molar-refractivity contribution in [2.75, 3.05) is 11.6 Å². The number of hydrogen-bond acceptors (Lipinski definition) is 5. The highest BCUT2D eigenvalue weighted by molar-refractivity contribution is 7.91. The van der Waals surface area contributed by atoms with Gasteiger partial charge >= 0.3 is 0 Å². The van der Waals surface area contributed by atoms with Crippen molar-refractivity contribution in [2.45, 2.75) is 18.6 Å². The molecular weight excluding hydrogens is 549 g/mol. The van der Waals surface area contributed by atoms with Gasteiger partial charge in [-0.05, 0) is 79.4 Å². The van der Waals surface area contributed by atoms with E-state index in [9.17, 15) is 13.2 Å². The molecule has 0 bridgehead atoms. The minimum Gasteiger partial charge on any atom is -0.457 e. The maximum absolute atomic E-state index is 13.0. The van der Waals surface area contributed by atoms with Gasteiger partial charge in [0.15, 0.2) is 9.84 Å². The van der Waals surface area contributed by atoms with Gasteiger partial charge in [-0.1, -0.05) is 34.8 Å². The Morgan fingerprint density at radius 3 is 2.26 bits per heavy atom. The standard InChI is InChI=1S/C25H20Cl3NO4S2/c1-25(2,35(3,31)32)20-8-14-9-23(34-22(14)13-21(20)28)24(30)29-17-10-16(27)11-19(12-17)33-18-6-4-15(26)5-7-18/h4-13H,1-3H3,(H,29,30). The number of rotatable bonds is 6. The predicted octanol–water partition coefficient (Wildman–Crippen LogP) is 8.19. The summed E-state index contributed by atoms with van der Waals surface area (Å²) < 4.78 is 30.0. The highest BCUT2D eigenvalue weighted by Gasteiger charge is 2.34. The number of sulfone groups is 1. The van der Waals surface area contributed by atoms with Crippen LogP contribution in [0.4, 0.5) is 5.69 Å². The lowest BCUT2D eigenvalue weighted by atomic mass is 10.0. The number of amides is 1. The number of carbonyl (C=O) groups excluding carboxylic acids is 1. The van der Waals surface area contributed by atoms with Crippen molar-refractivity contribution in [3.05, 3.63) is 86.2 Å². The van der Waals surface area contributed by atoms with Gasteiger partial charge < -0.3 is 10.1 Å². The van der Waals surface area contributed by atoms with Crippen molar-refractivity contribution in [3.8, 4) is 11.5 Å². The molecule has 0 aliphatic rings. The van der Waals surface area contributed by atoms with Crippen molar-refractivity contribution >= 4 is 77.7 Å². The lowest BCUT2D eigenvalue weighted by Gasteiger charge is -2.24. The van der Waals surface area contributed by atoms with Gasteiger partial charge in [-0.15, -0.1) is 11.3 Å². The first kappa shape index (κ1) is 25.8. The number of thiophene rings is 1. The average molecular weight is 569 g/mol. The third-order valence-corrected chi connectivity index (χ3v) is 9.54. The largest absolute Gasteiger partial charge is 0.457 e. The maximum atomic E-state index is 13.0. The summed E-state index contributed by atoms with van der Waals surface area (Å²) in [5.41, 5.74) is 0.943. The van der Waals surface area contributed by atoms with E-state index in [1.807, 2.05) is 0 Å². The molecule has 1 aromatic heterocycles. The van der Waals surface area contributed by atoms with Crippen molar-refractivity contribution in [2.24, 2.45) is 0 Å². The molecule has 10 heteroatoms. The Morgan fingerprint density at radius 1 is 0.914 bits per heavy atom. The number of anilines is 1. The van der Waals surface area contributed by atoms with Gasteiger partial charge in [0.05, 0.1) is 9.62 Å². The Balaban J connectivity index is 1.60. The van der Waals surface area contributed by atoms with E-state index < -0.39 is 14.6 Å². The molecule has 182 valence electrons. The van der Waals surface area contributed by atoms with Gasteiger partial charge in [0.2, 0.25) is 0 Å². The van der Waals surface area contributed by atoms with Gasteiger partial charge in [0, 0.05) is 37.8 Å². The Bertz CT molecular complexity index is 1550. The van der Waals surface area contributed by atoms with Crippen LogP contribution in [0.1, 0.15) is 29.1 Å². The summed E-state index contributed by atoms with van der Waals surface area (Å²) in [6, 6.07) is 16.9. The fourth-order valence-corrected chi connectivity index (χ4v) is 5.78. The van der Waals surface area contributed by atoms with Crippen LogP contribution in [0, 0.1) is 0 Å². The number of ether oxygens (including phenoxy) is 1. The van der Waals surface area contributed by atoms with Gasteiger partial charge in [0.25, 0.3) is 5.91 Å². The van der Waals surface area contributed by atoms with Gasteiger partial charge in [0.1, 0.15) is 11.5 Å². The normalized spacial score (nSPS) is 12.1. The van der Waals surface area contributed by atoms with Crippen LogP contribution in [-0.4, -0.2) is 20.6 Å². The minimum atomic E-state index is -3.42. The van der Waals surface area contributed by atoms with Gasteiger partial charge in [-0.25, -0.2) is 8.42 Å². The highest BCUT2D eigenvalue weighted by Crippen LogP contribution is 2.39. The molecule has 4 rings (SSSR count). The lowest BCUT2D eigenvalue weighted by molar-refractivity contribution is 0.103. The van der Waals surface area contributed by atoms with E-state index in [-0.39, 0.29) is 5.91 Å². The van der Waals surface area contributed by atoms with Crippen LogP contribution in [0.2, 0.25) is 15.1 Å². The first-order chi connectivity index (χ1) is 16.3. The zero-order valence-electron chi connectivity index (χ0n) is 18.9. The molecule has 0 aliphatic carbocycles. The topological polar surface area (TPSA) is 72.5 Å². The SMILES string of the molecule is CC(C)(c1cc2cc(C(=O)Nc3cc(Cl)cc(Oc4ccc(Cl)cc4)c3)sc2cc1Cl)S(C)(=O)=O. The van der Waals surface area contributed by atoms with Crippen LogP contribution >= 0.6 is 46.1 Å². The molecule has 1 heterocycles. The van der Waals surface area contributed by atoms with E-state index in [4.69, 9.17) is 39.5 Å². The highest BCUT2D eigenvalue weighted by atomic mass is 35.5. The smallest absolute Gasteiger partial charge is 0.265 e. The Labute approximate surface area is 222 Å². The Morgan fingerprint density at radius 2 is 1.60 bits per heavy atom.